The Hall–Kier alpha value is -2.72. The molecular formula is C18H11ClIN3O4. The average molecular weight is 496 g/mol. The summed E-state index contributed by atoms with van der Waals surface area (Å²) in [6, 6.07) is 14.8. The fourth-order valence-corrected chi connectivity index (χ4v) is 2.96. The number of carbonyl (C=O) groups is 1. The van der Waals surface area contributed by atoms with E-state index in [1.807, 2.05) is 6.07 Å². The molecule has 0 atom stereocenters. The number of carbonyl (C=O) groups excluding carboxylic acids is 1. The molecule has 0 fully saturated rings. The van der Waals surface area contributed by atoms with Crippen molar-refractivity contribution >= 4 is 52.0 Å². The van der Waals surface area contributed by atoms with Gasteiger partial charge < -0.3 is 4.42 Å². The van der Waals surface area contributed by atoms with Crippen LogP contribution < -0.4 is 5.43 Å². The maximum Gasteiger partial charge on any atom is 0.288 e. The molecule has 3 aromatic rings. The number of halogens is 2. The lowest BCUT2D eigenvalue weighted by Gasteiger charge is -2.00. The predicted molar refractivity (Wildman–Crippen MR) is 110 cm³/mol. The standard InChI is InChI=1S/C18H11ClIN3O4/c19-15-6-4-11(9-16(15)23(25)26)17-7-5-14(27-17)10-21-22-18(24)12-2-1-3-13(20)8-12/h1-10H,(H,22,24)/b21-10-. The van der Waals surface area contributed by atoms with E-state index < -0.39 is 4.92 Å². The number of hydrazone groups is 1. The lowest BCUT2D eigenvalue weighted by atomic mass is 10.1. The summed E-state index contributed by atoms with van der Waals surface area (Å²) >= 11 is 7.93. The van der Waals surface area contributed by atoms with Crippen molar-refractivity contribution in [1.29, 1.82) is 0 Å². The van der Waals surface area contributed by atoms with Crippen LogP contribution in [-0.2, 0) is 0 Å². The number of nitrogens with one attached hydrogen (secondary N) is 1. The molecule has 9 heteroatoms. The SMILES string of the molecule is O=C(N/N=C\c1ccc(-c2ccc(Cl)c([N+](=O)[O-])c2)o1)c1cccc(I)c1. The normalized spacial score (nSPS) is 10.9. The molecule has 0 aliphatic carbocycles. The molecule has 0 radical (unpaired) electrons. The highest BCUT2D eigenvalue weighted by Gasteiger charge is 2.15. The van der Waals surface area contributed by atoms with E-state index in [-0.39, 0.29) is 16.6 Å². The number of nitrogens with zero attached hydrogens (tertiary/aromatic N) is 2. The zero-order chi connectivity index (χ0) is 19.4. The van der Waals surface area contributed by atoms with Gasteiger partial charge in [-0.3, -0.25) is 14.9 Å². The summed E-state index contributed by atoms with van der Waals surface area (Å²) in [7, 11) is 0. The van der Waals surface area contributed by atoms with Crippen LogP contribution in [0.3, 0.4) is 0 Å². The summed E-state index contributed by atoms with van der Waals surface area (Å²) in [5.74, 6) is 0.454. The Balaban J connectivity index is 1.71. The topological polar surface area (TPSA) is 97.7 Å². The summed E-state index contributed by atoms with van der Waals surface area (Å²) in [5.41, 5.74) is 3.21. The predicted octanol–water partition coefficient (Wildman–Crippen LogP) is 4.88. The number of hydrogen-bond donors (Lipinski definition) is 1. The number of benzene rings is 2. The van der Waals surface area contributed by atoms with Crippen LogP contribution in [-0.4, -0.2) is 17.0 Å². The highest BCUT2D eigenvalue weighted by atomic mass is 127. The molecule has 0 bridgehead atoms. The third kappa shape index (κ3) is 4.72. The number of hydrogen-bond acceptors (Lipinski definition) is 5. The van der Waals surface area contributed by atoms with E-state index >= 15 is 0 Å². The minimum absolute atomic E-state index is 0.0513. The maximum absolute atomic E-state index is 12.0. The van der Waals surface area contributed by atoms with Gasteiger partial charge in [-0.15, -0.1) is 0 Å². The zero-order valence-corrected chi connectivity index (χ0v) is 16.5. The third-order valence-electron chi connectivity index (χ3n) is 3.50. The van der Waals surface area contributed by atoms with Crippen molar-refractivity contribution in [3.63, 3.8) is 0 Å². The molecule has 1 heterocycles. The molecule has 1 aromatic heterocycles. The van der Waals surface area contributed by atoms with Gasteiger partial charge in [0.25, 0.3) is 11.6 Å². The Morgan fingerprint density at radius 1 is 1.22 bits per heavy atom. The Morgan fingerprint density at radius 3 is 2.78 bits per heavy atom. The molecule has 2 aromatic carbocycles. The van der Waals surface area contributed by atoms with E-state index in [2.05, 4.69) is 33.1 Å². The van der Waals surface area contributed by atoms with Crippen molar-refractivity contribution in [1.82, 2.24) is 5.43 Å². The fraction of sp³-hybridized carbons (Fsp3) is 0. The van der Waals surface area contributed by atoms with Crippen LogP contribution in [0.2, 0.25) is 5.02 Å². The summed E-state index contributed by atoms with van der Waals surface area (Å²) in [5, 5.41) is 14.9. The van der Waals surface area contributed by atoms with Gasteiger partial charge in [0.05, 0.1) is 11.1 Å². The molecule has 7 nitrogen and oxygen atoms in total. The summed E-state index contributed by atoms with van der Waals surface area (Å²) in [4.78, 5) is 22.4. The molecule has 0 saturated heterocycles. The number of amides is 1. The Labute approximate surface area is 172 Å². The minimum atomic E-state index is -0.558. The Kier molecular flexibility index (Phi) is 5.87. The van der Waals surface area contributed by atoms with Gasteiger partial charge in [0.15, 0.2) is 0 Å². The van der Waals surface area contributed by atoms with E-state index in [1.54, 1.807) is 36.4 Å². The number of nitro benzene ring substituents is 1. The first kappa shape index (κ1) is 19.1. The van der Waals surface area contributed by atoms with Crippen molar-refractivity contribution in [2.75, 3.05) is 0 Å². The van der Waals surface area contributed by atoms with Crippen LogP contribution in [0.1, 0.15) is 16.1 Å². The molecule has 0 aliphatic heterocycles. The quantitative estimate of drug-likeness (QED) is 0.236. The van der Waals surface area contributed by atoms with Crippen LogP contribution in [0.5, 0.6) is 0 Å². The number of nitro groups is 1. The van der Waals surface area contributed by atoms with Crippen LogP contribution in [0.15, 0.2) is 64.1 Å². The molecule has 27 heavy (non-hydrogen) atoms. The lowest BCUT2D eigenvalue weighted by Crippen LogP contribution is -2.17. The van der Waals surface area contributed by atoms with E-state index in [9.17, 15) is 14.9 Å². The van der Waals surface area contributed by atoms with Crippen molar-refractivity contribution in [3.05, 3.63) is 84.6 Å². The van der Waals surface area contributed by atoms with Crippen molar-refractivity contribution in [3.8, 4) is 11.3 Å². The lowest BCUT2D eigenvalue weighted by molar-refractivity contribution is -0.384. The van der Waals surface area contributed by atoms with Crippen molar-refractivity contribution < 1.29 is 14.1 Å². The zero-order valence-electron chi connectivity index (χ0n) is 13.6. The van der Waals surface area contributed by atoms with Crippen LogP contribution in [0, 0.1) is 13.7 Å². The van der Waals surface area contributed by atoms with Gasteiger partial charge in [-0.25, -0.2) is 5.43 Å². The first-order valence-corrected chi connectivity index (χ1v) is 9.03. The van der Waals surface area contributed by atoms with Crippen molar-refractivity contribution in [2.45, 2.75) is 0 Å². The second-order valence-corrected chi connectivity index (χ2v) is 6.99. The highest BCUT2D eigenvalue weighted by molar-refractivity contribution is 14.1. The summed E-state index contributed by atoms with van der Waals surface area (Å²) in [6.45, 7) is 0. The molecule has 0 unspecified atom stereocenters. The number of furan rings is 1. The van der Waals surface area contributed by atoms with Crippen LogP contribution >= 0.6 is 34.2 Å². The van der Waals surface area contributed by atoms with Gasteiger partial charge >= 0.3 is 0 Å². The second kappa shape index (κ2) is 8.31. The monoisotopic (exact) mass is 495 g/mol. The van der Waals surface area contributed by atoms with Gasteiger partial charge in [0.1, 0.15) is 16.5 Å². The Morgan fingerprint density at radius 2 is 2.04 bits per heavy atom. The average Bonchev–Trinajstić information content (AvgIpc) is 3.10. The van der Waals surface area contributed by atoms with Gasteiger partial charge in [-0.1, -0.05) is 17.7 Å². The van der Waals surface area contributed by atoms with E-state index in [0.717, 1.165) is 3.57 Å². The summed E-state index contributed by atoms with van der Waals surface area (Å²) < 4.78 is 6.53. The molecule has 136 valence electrons. The highest BCUT2D eigenvalue weighted by Crippen LogP contribution is 2.30. The van der Waals surface area contributed by atoms with E-state index in [4.69, 9.17) is 16.0 Å². The van der Waals surface area contributed by atoms with Crippen LogP contribution in [0.4, 0.5) is 5.69 Å². The molecule has 3 rings (SSSR count). The first-order valence-electron chi connectivity index (χ1n) is 7.57. The van der Waals surface area contributed by atoms with E-state index in [0.29, 0.717) is 22.6 Å². The Bertz CT molecular complexity index is 1050. The molecule has 1 N–H and O–H groups in total. The summed E-state index contributed by atoms with van der Waals surface area (Å²) in [6.07, 6.45) is 1.35. The van der Waals surface area contributed by atoms with Crippen molar-refractivity contribution in [2.24, 2.45) is 5.10 Å². The second-order valence-electron chi connectivity index (χ2n) is 5.33. The fourth-order valence-electron chi connectivity index (χ4n) is 2.23. The van der Waals surface area contributed by atoms with Gasteiger partial charge in [0, 0.05) is 20.8 Å². The van der Waals surface area contributed by atoms with Crippen LogP contribution in [0.25, 0.3) is 11.3 Å². The molecule has 0 aliphatic rings. The van der Waals surface area contributed by atoms with Gasteiger partial charge in [-0.2, -0.15) is 5.10 Å². The van der Waals surface area contributed by atoms with Gasteiger partial charge in [-0.05, 0) is 65.1 Å². The maximum atomic E-state index is 12.0. The minimum Gasteiger partial charge on any atom is -0.455 e. The van der Waals surface area contributed by atoms with Gasteiger partial charge in [0.2, 0.25) is 0 Å². The number of rotatable bonds is 5. The molecular weight excluding hydrogens is 485 g/mol. The molecule has 0 saturated carbocycles. The van der Waals surface area contributed by atoms with E-state index in [1.165, 1.54) is 18.3 Å². The molecule has 0 spiro atoms. The first-order chi connectivity index (χ1) is 12.9. The molecule has 1 amide bonds. The largest absolute Gasteiger partial charge is 0.455 e. The smallest absolute Gasteiger partial charge is 0.288 e. The third-order valence-corrected chi connectivity index (χ3v) is 4.49.